The van der Waals surface area contributed by atoms with Crippen LogP contribution in [0.4, 0.5) is 0 Å². The number of hydrogen-bond acceptors (Lipinski definition) is 5. The minimum Gasteiger partial charge on any atom is -0.496 e. The fraction of sp³-hybridized carbons (Fsp3) is 0.304. The van der Waals surface area contributed by atoms with Crippen molar-refractivity contribution in [2.75, 3.05) is 13.7 Å². The van der Waals surface area contributed by atoms with Crippen molar-refractivity contribution in [3.8, 4) is 5.75 Å². The van der Waals surface area contributed by atoms with Gasteiger partial charge in [0, 0.05) is 11.5 Å². The molecule has 6 heteroatoms. The zero-order valence-electron chi connectivity index (χ0n) is 16.7. The van der Waals surface area contributed by atoms with E-state index >= 15 is 0 Å². The molecule has 0 spiro atoms. The van der Waals surface area contributed by atoms with Crippen LogP contribution < -0.4 is 10.1 Å². The van der Waals surface area contributed by atoms with E-state index in [0.717, 1.165) is 10.9 Å². The summed E-state index contributed by atoms with van der Waals surface area (Å²) in [6.07, 6.45) is -0.328. The number of carbonyl (C=O) groups excluding carboxylic acids is 1. The maximum absolute atomic E-state index is 13.0. The summed E-state index contributed by atoms with van der Waals surface area (Å²) in [5.41, 5.74) is 1.98. The summed E-state index contributed by atoms with van der Waals surface area (Å²) in [5, 5.41) is 3.89. The number of amides is 1. The summed E-state index contributed by atoms with van der Waals surface area (Å²) in [4.78, 5) is 17.5. The van der Waals surface area contributed by atoms with Crippen molar-refractivity contribution < 1.29 is 19.0 Å². The van der Waals surface area contributed by atoms with Gasteiger partial charge in [0.2, 0.25) is 0 Å². The molecule has 29 heavy (non-hydrogen) atoms. The van der Waals surface area contributed by atoms with Gasteiger partial charge in [-0.1, -0.05) is 42.5 Å². The first kappa shape index (κ1) is 19.4. The summed E-state index contributed by atoms with van der Waals surface area (Å²) >= 11 is 0. The summed E-state index contributed by atoms with van der Waals surface area (Å²) in [7, 11) is 1.58. The molecule has 0 radical (unpaired) electrons. The molecule has 1 amide bonds. The Morgan fingerprint density at radius 2 is 1.86 bits per heavy atom. The average molecular weight is 392 g/mol. The fourth-order valence-corrected chi connectivity index (χ4v) is 3.53. The van der Waals surface area contributed by atoms with Gasteiger partial charge in [0.1, 0.15) is 17.5 Å². The van der Waals surface area contributed by atoms with Crippen LogP contribution >= 0.6 is 0 Å². The Hall–Kier alpha value is -2.96. The molecule has 2 atom stereocenters. The number of rotatable bonds is 4. The summed E-state index contributed by atoms with van der Waals surface area (Å²) < 4.78 is 17.4. The van der Waals surface area contributed by atoms with Crippen LogP contribution in [0.1, 0.15) is 36.0 Å². The highest BCUT2D eigenvalue weighted by Gasteiger charge is 2.38. The van der Waals surface area contributed by atoms with Crippen LogP contribution in [0.2, 0.25) is 0 Å². The normalized spacial score (nSPS) is 20.9. The molecule has 1 aromatic heterocycles. The molecule has 0 bridgehead atoms. The Bertz CT molecular complexity index is 1020. The Kier molecular flexibility index (Phi) is 5.22. The molecule has 4 rings (SSSR count). The third kappa shape index (κ3) is 4.09. The van der Waals surface area contributed by atoms with Crippen molar-refractivity contribution in [1.82, 2.24) is 10.3 Å². The minimum absolute atomic E-state index is 0.289. The molecule has 2 unspecified atom stereocenters. The van der Waals surface area contributed by atoms with E-state index in [9.17, 15) is 4.79 Å². The van der Waals surface area contributed by atoms with Crippen LogP contribution in [0.25, 0.3) is 10.9 Å². The maximum Gasteiger partial charge on any atom is 0.270 e. The Morgan fingerprint density at radius 3 is 2.62 bits per heavy atom. The van der Waals surface area contributed by atoms with E-state index in [1.807, 2.05) is 68.4 Å². The largest absolute Gasteiger partial charge is 0.496 e. The van der Waals surface area contributed by atoms with Crippen LogP contribution in [0, 0.1) is 0 Å². The number of ether oxygens (including phenoxy) is 3. The first-order valence-corrected chi connectivity index (χ1v) is 9.58. The van der Waals surface area contributed by atoms with Gasteiger partial charge >= 0.3 is 0 Å². The van der Waals surface area contributed by atoms with Gasteiger partial charge in [-0.25, -0.2) is 4.98 Å². The van der Waals surface area contributed by atoms with Gasteiger partial charge in [0.25, 0.3) is 5.91 Å². The predicted octanol–water partition coefficient (Wildman–Crippen LogP) is 3.87. The molecule has 1 saturated heterocycles. The molecule has 1 aliphatic heterocycles. The second-order valence-corrected chi connectivity index (χ2v) is 7.47. The molecule has 1 fully saturated rings. The lowest BCUT2D eigenvalue weighted by atomic mass is 10.0. The van der Waals surface area contributed by atoms with E-state index in [0.29, 0.717) is 17.9 Å². The summed E-state index contributed by atoms with van der Waals surface area (Å²) in [6.45, 7) is 4.08. The molecule has 6 nitrogen and oxygen atoms in total. The standard InChI is InChI=1S/C23H24N2O4/c1-23(2)28-14-19(21(29-23)15-9-5-4-6-10-15)25-22(26)18-13-20(27-3)16-11-7-8-12-17(16)24-18/h4-13,19,21H,14H2,1-3H3,(H,25,26). The molecule has 1 aliphatic rings. The van der Waals surface area contributed by atoms with E-state index in [1.165, 1.54) is 0 Å². The van der Waals surface area contributed by atoms with Crippen LogP contribution in [0.15, 0.2) is 60.7 Å². The van der Waals surface area contributed by atoms with Gasteiger partial charge in [0.05, 0.1) is 25.3 Å². The van der Waals surface area contributed by atoms with E-state index in [-0.39, 0.29) is 23.7 Å². The third-order valence-electron chi connectivity index (χ3n) is 4.96. The van der Waals surface area contributed by atoms with Crippen molar-refractivity contribution >= 4 is 16.8 Å². The van der Waals surface area contributed by atoms with Gasteiger partial charge in [-0.15, -0.1) is 0 Å². The predicted molar refractivity (Wildman–Crippen MR) is 110 cm³/mol. The number of methoxy groups -OCH3 is 1. The molecular formula is C23H24N2O4. The molecule has 150 valence electrons. The SMILES string of the molecule is COc1cc(C(=O)NC2COC(C)(C)OC2c2ccccc2)nc2ccccc12. The Balaban J connectivity index is 1.62. The van der Waals surface area contributed by atoms with Crippen LogP contribution in [-0.4, -0.2) is 36.4 Å². The number of aromatic nitrogens is 1. The highest BCUT2D eigenvalue weighted by Crippen LogP contribution is 2.33. The second-order valence-electron chi connectivity index (χ2n) is 7.47. The van der Waals surface area contributed by atoms with E-state index in [2.05, 4.69) is 10.3 Å². The molecule has 1 N–H and O–H groups in total. The van der Waals surface area contributed by atoms with Gasteiger partial charge in [-0.2, -0.15) is 0 Å². The number of hydrogen-bond donors (Lipinski definition) is 1. The number of para-hydroxylation sites is 1. The minimum atomic E-state index is -0.730. The molecule has 0 aliphatic carbocycles. The number of fused-ring (bicyclic) bond motifs is 1. The van der Waals surface area contributed by atoms with Crippen molar-refractivity contribution in [2.24, 2.45) is 0 Å². The topological polar surface area (TPSA) is 69.7 Å². The van der Waals surface area contributed by atoms with Crippen LogP contribution in [0.5, 0.6) is 5.75 Å². The summed E-state index contributed by atoms with van der Waals surface area (Å²) in [6, 6.07) is 18.7. The molecular weight excluding hydrogens is 368 g/mol. The van der Waals surface area contributed by atoms with Crippen molar-refractivity contribution in [3.05, 3.63) is 71.9 Å². The lowest BCUT2D eigenvalue weighted by molar-refractivity contribution is -0.284. The van der Waals surface area contributed by atoms with Crippen LogP contribution in [-0.2, 0) is 9.47 Å². The molecule has 2 aromatic carbocycles. The average Bonchev–Trinajstić information content (AvgIpc) is 2.74. The maximum atomic E-state index is 13.0. The molecule has 3 aromatic rings. The van der Waals surface area contributed by atoms with E-state index < -0.39 is 5.79 Å². The monoisotopic (exact) mass is 392 g/mol. The van der Waals surface area contributed by atoms with Gasteiger partial charge in [-0.3, -0.25) is 4.79 Å². The first-order valence-electron chi connectivity index (χ1n) is 9.58. The third-order valence-corrected chi connectivity index (χ3v) is 4.96. The van der Waals surface area contributed by atoms with Crippen molar-refractivity contribution in [3.63, 3.8) is 0 Å². The quantitative estimate of drug-likeness (QED) is 0.730. The number of nitrogens with one attached hydrogen (secondary N) is 1. The second kappa shape index (κ2) is 7.81. The number of pyridine rings is 1. The van der Waals surface area contributed by atoms with Crippen LogP contribution in [0.3, 0.4) is 0 Å². The van der Waals surface area contributed by atoms with E-state index in [1.54, 1.807) is 13.2 Å². The zero-order valence-corrected chi connectivity index (χ0v) is 16.7. The number of nitrogens with zero attached hydrogens (tertiary/aromatic N) is 1. The fourth-order valence-electron chi connectivity index (χ4n) is 3.53. The Labute approximate surface area is 169 Å². The van der Waals surface area contributed by atoms with Crippen molar-refractivity contribution in [2.45, 2.75) is 31.8 Å². The highest BCUT2D eigenvalue weighted by molar-refractivity contribution is 5.97. The van der Waals surface area contributed by atoms with Gasteiger partial charge < -0.3 is 19.5 Å². The van der Waals surface area contributed by atoms with Crippen molar-refractivity contribution in [1.29, 1.82) is 0 Å². The van der Waals surface area contributed by atoms with Gasteiger partial charge in [0.15, 0.2) is 5.79 Å². The van der Waals surface area contributed by atoms with E-state index in [4.69, 9.17) is 14.2 Å². The molecule has 0 saturated carbocycles. The summed E-state index contributed by atoms with van der Waals surface area (Å²) in [5.74, 6) is -0.420. The molecule has 2 heterocycles. The lowest BCUT2D eigenvalue weighted by Crippen LogP contribution is -2.52. The smallest absolute Gasteiger partial charge is 0.270 e. The lowest BCUT2D eigenvalue weighted by Gasteiger charge is -2.41. The zero-order chi connectivity index (χ0) is 20.4. The highest BCUT2D eigenvalue weighted by atomic mass is 16.7. The number of carbonyl (C=O) groups is 1. The first-order chi connectivity index (χ1) is 14.0. The van der Waals surface area contributed by atoms with Gasteiger partial charge in [-0.05, 0) is 31.5 Å². The Morgan fingerprint density at radius 1 is 1.14 bits per heavy atom. The number of benzene rings is 2.